The van der Waals surface area contributed by atoms with Crippen molar-refractivity contribution in [3.8, 4) is 0 Å². The van der Waals surface area contributed by atoms with Gasteiger partial charge in [-0.15, -0.1) is 23.1 Å². The van der Waals surface area contributed by atoms with Gasteiger partial charge >= 0.3 is 0 Å². The molecule has 0 atom stereocenters. The van der Waals surface area contributed by atoms with Crippen LogP contribution in [0.3, 0.4) is 0 Å². The lowest BCUT2D eigenvalue weighted by atomic mass is 10.2. The molecule has 1 saturated heterocycles. The van der Waals surface area contributed by atoms with Crippen molar-refractivity contribution in [2.45, 2.75) is 10.9 Å². The van der Waals surface area contributed by atoms with Crippen molar-refractivity contribution in [3.63, 3.8) is 0 Å². The molecule has 1 aliphatic rings. The summed E-state index contributed by atoms with van der Waals surface area (Å²) in [6.45, 7) is 1.79. The number of amides is 1. The third-order valence-electron chi connectivity index (χ3n) is 2.17. The van der Waals surface area contributed by atoms with Crippen molar-refractivity contribution < 1.29 is 4.79 Å². The van der Waals surface area contributed by atoms with Crippen LogP contribution in [0.25, 0.3) is 0 Å². The first-order valence-corrected chi connectivity index (χ1v) is 6.55. The molecule has 0 spiro atoms. The Morgan fingerprint density at radius 2 is 2.50 bits per heavy atom. The van der Waals surface area contributed by atoms with E-state index in [9.17, 15) is 4.79 Å². The molecule has 0 radical (unpaired) electrons. The monoisotopic (exact) mass is 228 g/mol. The van der Waals surface area contributed by atoms with Gasteiger partial charge in [-0.1, -0.05) is 0 Å². The Morgan fingerprint density at radius 1 is 1.71 bits per heavy atom. The van der Waals surface area contributed by atoms with Gasteiger partial charge in [-0.25, -0.2) is 0 Å². The number of carbonyl (C=O) groups excluding carboxylic acids is 1. The lowest BCUT2D eigenvalue weighted by Gasteiger charge is -2.27. The van der Waals surface area contributed by atoms with E-state index in [-0.39, 0.29) is 5.91 Å². The smallest absolute Gasteiger partial charge is 0.262 e. The molecule has 2 N–H and O–H groups in total. The summed E-state index contributed by atoms with van der Waals surface area (Å²) in [7, 11) is 0. The van der Waals surface area contributed by atoms with Gasteiger partial charge in [0.1, 0.15) is 4.88 Å². The van der Waals surface area contributed by atoms with Crippen LogP contribution in [0.15, 0.2) is 16.3 Å². The normalized spacial score (nSPS) is 16.4. The number of rotatable bonds is 3. The summed E-state index contributed by atoms with van der Waals surface area (Å²) in [5, 5.41) is 8.07. The fraction of sp³-hybridized carbons (Fsp3) is 0.444. The number of thioether (sulfide) groups is 1. The van der Waals surface area contributed by atoms with Crippen LogP contribution in [0.5, 0.6) is 0 Å². The third-order valence-corrected chi connectivity index (χ3v) is 3.99. The molecule has 0 aliphatic carbocycles. The minimum Gasteiger partial charge on any atom is -0.346 e. The van der Waals surface area contributed by atoms with E-state index < -0.39 is 0 Å². The average molecular weight is 228 g/mol. The minimum atomic E-state index is 0.0656. The molecule has 1 aliphatic heterocycles. The Balaban J connectivity index is 2.02. The van der Waals surface area contributed by atoms with Crippen molar-refractivity contribution in [2.75, 3.05) is 19.3 Å². The molecule has 76 valence electrons. The van der Waals surface area contributed by atoms with Crippen LogP contribution >= 0.6 is 23.1 Å². The highest BCUT2D eigenvalue weighted by Gasteiger charge is 2.21. The zero-order valence-corrected chi connectivity index (χ0v) is 9.50. The Labute approximate surface area is 91.3 Å². The van der Waals surface area contributed by atoms with E-state index in [4.69, 9.17) is 0 Å². The van der Waals surface area contributed by atoms with Gasteiger partial charge < -0.3 is 10.6 Å². The Bertz CT molecular complexity index is 333. The summed E-state index contributed by atoms with van der Waals surface area (Å²) >= 11 is 3.12. The zero-order valence-electron chi connectivity index (χ0n) is 7.87. The van der Waals surface area contributed by atoms with Gasteiger partial charge in [-0.3, -0.25) is 4.79 Å². The van der Waals surface area contributed by atoms with Crippen LogP contribution in [0.4, 0.5) is 0 Å². The van der Waals surface area contributed by atoms with Crippen molar-refractivity contribution in [3.05, 3.63) is 16.3 Å². The molecule has 1 fully saturated rings. The summed E-state index contributed by atoms with van der Waals surface area (Å²) in [6, 6.07) is 2.31. The van der Waals surface area contributed by atoms with Crippen molar-refractivity contribution in [2.24, 2.45) is 0 Å². The fourth-order valence-electron chi connectivity index (χ4n) is 1.27. The first-order chi connectivity index (χ1) is 6.81. The molecule has 5 heteroatoms. The molecule has 0 unspecified atom stereocenters. The van der Waals surface area contributed by atoms with E-state index in [1.807, 2.05) is 17.7 Å². The highest BCUT2D eigenvalue weighted by Crippen LogP contribution is 2.25. The number of hydrogen-bond acceptors (Lipinski definition) is 4. The van der Waals surface area contributed by atoms with E-state index >= 15 is 0 Å². The third kappa shape index (κ3) is 1.94. The maximum Gasteiger partial charge on any atom is 0.262 e. The van der Waals surface area contributed by atoms with E-state index in [0.29, 0.717) is 6.04 Å². The number of hydrogen-bond donors (Lipinski definition) is 2. The minimum absolute atomic E-state index is 0.0656. The zero-order chi connectivity index (χ0) is 9.97. The fourth-order valence-corrected chi connectivity index (χ4v) is 2.92. The average Bonchev–Trinajstić information content (AvgIpc) is 2.58. The highest BCUT2D eigenvalue weighted by atomic mass is 32.2. The molecular weight excluding hydrogens is 216 g/mol. The summed E-state index contributed by atoms with van der Waals surface area (Å²) in [5.41, 5.74) is 0. The largest absolute Gasteiger partial charge is 0.346 e. The van der Waals surface area contributed by atoms with E-state index in [0.717, 1.165) is 22.9 Å². The quantitative estimate of drug-likeness (QED) is 0.763. The van der Waals surface area contributed by atoms with Gasteiger partial charge in [-0.05, 0) is 17.7 Å². The van der Waals surface area contributed by atoms with Crippen molar-refractivity contribution in [1.82, 2.24) is 10.6 Å². The highest BCUT2D eigenvalue weighted by molar-refractivity contribution is 7.98. The standard InChI is InChI=1S/C9H12N2OS2/c1-13-7-2-3-14-8(7)9(12)11-6-4-10-5-6/h2-3,6,10H,4-5H2,1H3,(H,11,12). The van der Waals surface area contributed by atoms with Crippen LogP contribution in [-0.2, 0) is 0 Å². The van der Waals surface area contributed by atoms with Crippen LogP contribution < -0.4 is 10.6 Å². The Kier molecular flexibility index (Phi) is 3.10. The lowest BCUT2D eigenvalue weighted by molar-refractivity contribution is 0.0925. The van der Waals surface area contributed by atoms with Gasteiger partial charge in [0.15, 0.2) is 0 Å². The first-order valence-electron chi connectivity index (χ1n) is 4.44. The summed E-state index contributed by atoms with van der Waals surface area (Å²) in [5.74, 6) is 0.0656. The molecule has 3 nitrogen and oxygen atoms in total. The van der Waals surface area contributed by atoms with Crippen molar-refractivity contribution >= 4 is 29.0 Å². The van der Waals surface area contributed by atoms with Crippen LogP contribution in [0.1, 0.15) is 9.67 Å². The second-order valence-corrected chi connectivity index (χ2v) is 4.91. The molecule has 2 rings (SSSR count). The number of thiophene rings is 1. The number of carbonyl (C=O) groups is 1. The van der Waals surface area contributed by atoms with E-state index in [1.165, 1.54) is 11.3 Å². The molecule has 1 aromatic heterocycles. The maximum atomic E-state index is 11.7. The molecule has 0 bridgehead atoms. The van der Waals surface area contributed by atoms with Gasteiger partial charge in [-0.2, -0.15) is 0 Å². The summed E-state index contributed by atoms with van der Waals surface area (Å²) < 4.78 is 0. The predicted molar refractivity (Wildman–Crippen MR) is 60.2 cm³/mol. The molecule has 0 saturated carbocycles. The second-order valence-electron chi connectivity index (χ2n) is 3.15. The van der Waals surface area contributed by atoms with Gasteiger partial charge in [0.2, 0.25) is 0 Å². The van der Waals surface area contributed by atoms with E-state index in [1.54, 1.807) is 11.8 Å². The Hall–Kier alpha value is -0.520. The Morgan fingerprint density at radius 3 is 3.07 bits per heavy atom. The summed E-state index contributed by atoms with van der Waals surface area (Å²) in [6.07, 6.45) is 1.99. The first kappa shape index (κ1) is 10.0. The second kappa shape index (κ2) is 4.33. The van der Waals surface area contributed by atoms with Gasteiger partial charge in [0, 0.05) is 18.0 Å². The molecule has 14 heavy (non-hydrogen) atoms. The molecule has 1 aromatic rings. The van der Waals surface area contributed by atoms with Crippen LogP contribution in [0, 0.1) is 0 Å². The topological polar surface area (TPSA) is 41.1 Å². The molecular formula is C9H12N2OS2. The van der Waals surface area contributed by atoms with Crippen LogP contribution in [-0.4, -0.2) is 31.3 Å². The van der Waals surface area contributed by atoms with Gasteiger partial charge in [0.05, 0.1) is 6.04 Å². The number of nitrogens with one attached hydrogen (secondary N) is 2. The van der Waals surface area contributed by atoms with Crippen molar-refractivity contribution in [1.29, 1.82) is 0 Å². The summed E-state index contributed by atoms with van der Waals surface area (Å²) in [4.78, 5) is 13.7. The molecule has 2 heterocycles. The SMILES string of the molecule is CSc1ccsc1C(=O)NC1CNC1. The van der Waals surface area contributed by atoms with Crippen LogP contribution in [0.2, 0.25) is 0 Å². The molecule has 1 amide bonds. The van der Waals surface area contributed by atoms with E-state index in [2.05, 4.69) is 10.6 Å². The lowest BCUT2D eigenvalue weighted by Crippen LogP contribution is -2.56. The maximum absolute atomic E-state index is 11.7. The van der Waals surface area contributed by atoms with Gasteiger partial charge in [0.25, 0.3) is 5.91 Å². The molecule has 0 aromatic carbocycles. The predicted octanol–water partition coefficient (Wildman–Crippen LogP) is 1.17.